The summed E-state index contributed by atoms with van der Waals surface area (Å²) in [6.45, 7) is 4.84. The number of carbonyl (C=O) groups excluding carboxylic acids is 1. The minimum absolute atomic E-state index is 0.0212. The lowest BCUT2D eigenvalue weighted by molar-refractivity contribution is -0.154. The van der Waals surface area contributed by atoms with Crippen LogP contribution in [0.5, 0.6) is 0 Å². The maximum absolute atomic E-state index is 11.4. The van der Waals surface area contributed by atoms with Gasteiger partial charge in [-0.25, -0.2) is 0 Å². The summed E-state index contributed by atoms with van der Waals surface area (Å²) in [5, 5.41) is 0. The molecule has 1 heterocycles. The molecule has 0 amide bonds. The Bertz CT molecular complexity index is 200. The highest BCUT2D eigenvalue weighted by molar-refractivity contribution is 5.75. The first-order valence-electron chi connectivity index (χ1n) is 4.88. The van der Waals surface area contributed by atoms with Gasteiger partial charge in [-0.15, -0.1) is 6.58 Å². The second-order valence-corrected chi connectivity index (χ2v) is 3.38. The number of carbonyl (C=O) groups is 1. The summed E-state index contributed by atoms with van der Waals surface area (Å²) in [6.07, 6.45) is 3.60. The third-order valence-electron chi connectivity index (χ3n) is 2.17. The van der Waals surface area contributed by atoms with Gasteiger partial charge in [0.1, 0.15) is 12.1 Å². The van der Waals surface area contributed by atoms with Gasteiger partial charge in [-0.2, -0.15) is 0 Å². The first-order chi connectivity index (χ1) is 6.74. The van der Waals surface area contributed by atoms with Gasteiger partial charge in [-0.1, -0.05) is 6.08 Å². The molecule has 0 bridgehead atoms. The number of esters is 1. The molecule has 4 nitrogen and oxygen atoms in total. The van der Waals surface area contributed by atoms with Gasteiger partial charge >= 0.3 is 5.97 Å². The number of hydrogen-bond acceptors (Lipinski definition) is 4. The number of hydrogen-bond donors (Lipinski definition) is 1. The van der Waals surface area contributed by atoms with Crippen molar-refractivity contribution < 1.29 is 14.3 Å². The largest absolute Gasteiger partial charge is 0.461 e. The number of rotatable bonds is 4. The lowest BCUT2D eigenvalue weighted by atomic mass is 10.1. The lowest BCUT2D eigenvalue weighted by Crippen LogP contribution is -2.36. The molecule has 1 unspecified atom stereocenters. The minimum Gasteiger partial charge on any atom is -0.461 e. The Morgan fingerprint density at radius 3 is 2.86 bits per heavy atom. The van der Waals surface area contributed by atoms with E-state index in [1.54, 1.807) is 6.08 Å². The van der Waals surface area contributed by atoms with Gasteiger partial charge in [0, 0.05) is 12.8 Å². The van der Waals surface area contributed by atoms with Crippen molar-refractivity contribution in [2.75, 3.05) is 13.2 Å². The molecule has 0 saturated carbocycles. The standard InChI is InChI=1S/C10H17NO3/c1-2-3-9(11)10(12)14-8-4-6-13-7-5-8/h2,8-9H,1,3-7,11H2. The summed E-state index contributed by atoms with van der Waals surface area (Å²) < 4.78 is 10.4. The molecule has 0 aromatic heterocycles. The van der Waals surface area contributed by atoms with Crippen LogP contribution in [0.2, 0.25) is 0 Å². The third kappa shape index (κ3) is 3.47. The predicted octanol–water partition coefficient (Wildman–Crippen LogP) is 0.612. The molecule has 0 aliphatic carbocycles. The number of ether oxygens (including phenoxy) is 2. The summed E-state index contributed by atoms with van der Waals surface area (Å²) >= 11 is 0. The van der Waals surface area contributed by atoms with Crippen LogP contribution in [0.25, 0.3) is 0 Å². The highest BCUT2D eigenvalue weighted by atomic mass is 16.6. The van der Waals surface area contributed by atoms with E-state index in [9.17, 15) is 4.79 Å². The van der Waals surface area contributed by atoms with Crippen LogP contribution in [-0.4, -0.2) is 31.3 Å². The minimum atomic E-state index is -0.574. The zero-order chi connectivity index (χ0) is 10.4. The quantitative estimate of drug-likeness (QED) is 0.532. The van der Waals surface area contributed by atoms with E-state index in [-0.39, 0.29) is 12.1 Å². The van der Waals surface area contributed by atoms with E-state index >= 15 is 0 Å². The van der Waals surface area contributed by atoms with Gasteiger partial charge in [0.25, 0.3) is 0 Å². The fourth-order valence-corrected chi connectivity index (χ4v) is 1.32. The van der Waals surface area contributed by atoms with E-state index in [1.165, 1.54) is 0 Å². The fraction of sp³-hybridized carbons (Fsp3) is 0.700. The molecule has 1 saturated heterocycles. The summed E-state index contributed by atoms with van der Waals surface area (Å²) in [6, 6.07) is -0.574. The molecule has 0 aromatic carbocycles. The summed E-state index contributed by atoms with van der Waals surface area (Å²) in [7, 11) is 0. The zero-order valence-electron chi connectivity index (χ0n) is 8.28. The molecule has 1 aliphatic heterocycles. The van der Waals surface area contributed by atoms with Crippen LogP contribution in [0.3, 0.4) is 0 Å². The second kappa shape index (κ2) is 5.78. The number of nitrogens with two attached hydrogens (primary N) is 1. The topological polar surface area (TPSA) is 61.6 Å². The second-order valence-electron chi connectivity index (χ2n) is 3.38. The summed E-state index contributed by atoms with van der Waals surface area (Å²) in [4.78, 5) is 11.4. The first kappa shape index (κ1) is 11.2. The Kier molecular flexibility index (Phi) is 4.62. The van der Waals surface area contributed by atoms with E-state index in [4.69, 9.17) is 15.2 Å². The van der Waals surface area contributed by atoms with Crippen LogP contribution < -0.4 is 5.73 Å². The predicted molar refractivity (Wildman–Crippen MR) is 52.7 cm³/mol. The highest BCUT2D eigenvalue weighted by Crippen LogP contribution is 2.11. The molecule has 14 heavy (non-hydrogen) atoms. The van der Waals surface area contributed by atoms with Crippen molar-refractivity contribution in [2.24, 2.45) is 5.73 Å². The van der Waals surface area contributed by atoms with Crippen LogP contribution in [0.1, 0.15) is 19.3 Å². The average Bonchev–Trinajstić information content (AvgIpc) is 2.19. The summed E-state index contributed by atoms with van der Waals surface area (Å²) in [5.41, 5.74) is 5.57. The maximum atomic E-state index is 11.4. The van der Waals surface area contributed by atoms with Crippen molar-refractivity contribution in [1.82, 2.24) is 0 Å². The Morgan fingerprint density at radius 1 is 1.64 bits per heavy atom. The van der Waals surface area contributed by atoms with Crippen LogP contribution in [-0.2, 0) is 14.3 Å². The van der Waals surface area contributed by atoms with E-state index in [1.807, 2.05) is 0 Å². The van der Waals surface area contributed by atoms with E-state index in [0.717, 1.165) is 12.8 Å². The van der Waals surface area contributed by atoms with Crippen molar-refractivity contribution in [2.45, 2.75) is 31.4 Å². The van der Waals surface area contributed by atoms with Crippen molar-refractivity contribution in [3.8, 4) is 0 Å². The zero-order valence-corrected chi connectivity index (χ0v) is 8.28. The van der Waals surface area contributed by atoms with Gasteiger partial charge in [-0.05, 0) is 6.42 Å². The molecule has 0 aromatic rings. The van der Waals surface area contributed by atoms with E-state index in [2.05, 4.69) is 6.58 Å². The van der Waals surface area contributed by atoms with Crippen molar-refractivity contribution in [3.63, 3.8) is 0 Å². The fourth-order valence-electron chi connectivity index (χ4n) is 1.32. The lowest BCUT2D eigenvalue weighted by Gasteiger charge is -2.23. The van der Waals surface area contributed by atoms with Crippen molar-refractivity contribution in [3.05, 3.63) is 12.7 Å². The molecule has 2 N–H and O–H groups in total. The molecular formula is C10H17NO3. The third-order valence-corrected chi connectivity index (χ3v) is 2.17. The van der Waals surface area contributed by atoms with Gasteiger partial charge in [-0.3, -0.25) is 4.79 Å². The highest BCUT2D eigenvalue weighted by Gasteiger charge is 2.21. The Hall–Kier alpha value is -0.870. The molecule has 1 atom stereocenters. The average molecular weight is 199 g/mol. The Labute approximate surface area is 84.1 Å². The molecular weight excluding hydrogens is 182 g/mol. The maximum Gasteiger partial charge on any atom is 0.323 e. The van der Waals surface area contributed by atoms with E-state index < -0.39 is 6.04 Å². The van der Waals surface area contributed by atoms with Gasteiger partial charge in [0.05, 0.1) is 13.2 Å². The molecule has 1 fully saturated rings. The molecule has 4 heteroatoms. The normalized spacial score (nSPS) is 20.1. The van der Waals surface area contributed by atoms with Gasteiger partial charge < -0.3 is 15.2 Å². The first-order valence-corrected chi connectivity index (χ1v) is 4.88. The molecule has 0 radical (unpaired) electrons. The van der Waals surface area contributed by atoms with Crippen LogP contribution in [0, 0.1) is 0 Å². The molecule has 1 aliphatic rings. The van der Waals surface area contributed by atoms with Gasteiger partial charge in [0.2, 0.25) is 0 Å². The van der Waals surface area contributed by atoms with Crippen LogP contribution in [0.15, 0.2) is 12.7 Å². The van der Waals surface area contributed by atoms with Crippen LogP contribution in [0.4, 0.5) is 0 Å². The SMILES string of the molecule is C=CCC(N)C(=O)OC1CCOCC1. The molecule has 1 rings (SSSR count). The Balaban J connectivity index is 2.27. The van der Waals surface area contributed by atoms with Crippen LogP contribution >= 0.6 is 0 Å². The monoisotopic (exact) mass is 199 g/mol. The molecule has 0 spiro atoms. The van der Waals surface area contributed by atoms with Gasteiger partial charge in [0.15, 0.2) is 0 Å². The van der Waals surface area contributed by atoms with Crippen molar-refractivity contribution in [1.29, 1.82) is 0 Å². The van der Waals surface area contributed by atoms with Crippen molar-refractivity contribution >= 4 is 5.97 Å². The molecule has 80 valence electrons. The van der Waals surface area contributed by atoms with E-state index in [0.29, 0.717) is 19.6 Å². The summed E-state index contributed by atoms with van der Waals surface area (Å²) in [5.74, 6) is -0.336. The Morgan fingerprint density at radius 2 is 2.29 bits per heavy atom. The smallest absolute Gasteiger partial charge is 0.323 e.